The largest absolute Gasteiger partial charge is 0.341 e. The molecule has 0 fully saturated rings. The first-order valence-electron chi connectivity index (χ1n) is 4.74. The Morgan fingerprint density at radius 1 is 1.40 bits per heavy atom. The molecule has 0 amide bonds. The minimum atomic E-state index is -0.261. The lowest BCUT2D eigenvalue weighted by Gasteiger charge is -1.98. The van der Waals surface area contributed by atoms with Gasteiger partial charge in [0, 0.05) is 18.4 Å². The van der Waals surface area contributed by atoms with Crippen molar-refractivity contribution in [3.8, 4) is 11.4 Å². The smallest absolute Gasteiger partial charge is 0.140 e. The Labute approximate surface area is 87.4 Å². The lowest BCUT2D eigenvalue weighted by Crippen LogP contribution is -2.04. The van der Waals surface area contributed by atoms with Crippen molar-refractivity contribution < 1.29 is 4.39 Å². The topological polar surface area (TPSA) is 40.7 Å². The van der Waals surface area contributed by atoms with Gasteiger partial charge < -0.3 is 10.3 Å². The van der Waals surface area contributed by atoms with E-state index in [1.165, 1.54) is 6.07 Å². The Morgan fingerprint density at radius 3 is 2.93 bits per heavy atom. The van der Waals surface area contributed by atoms with Gasteiger partial charge in [-0.2, -0.15) is 0 Å². The van der Waals surface area contributed by atoms with Gasteiger partial charge in [0.25, 0.3) is 0 Å². The van der Waals surface area contributed by atoms with Gasteiger partial charge in [0.1, 0.15) is 11.6 Å². The van der Waals surface area contributed by atoms with Gasteiger partial charge >= 0.3 is 0 Å². The molecule has 2 aromatic rings. The van der Waals surface area contributed by atoms with Gasteiger partial charge in [-0.1, -0.05) is 12.1 Å². The maximum absolute atomic E-state index is 13.4. The predicted molar refractivity (Wildman–Crippen MR) is 56.7 cm³/mol. The summed E-state index contributed by atoms with van der Waals surface area (Å²) in [5, 5.41) is 3.00. The molecule has 1 heterocycles. The summed E-state index contributed by atoms with van der Waals surface area (Å²) in [4.78, 5) is 7.19. The molecule has 0 saturated heterocycles. The monoisotopic (exact) mass is 205 g/mol. The molecule has 0 aliphatic heterocycles. The lowest BCUT2D eigenvalue weighted by atomic mass is 10.2. The van der Waals surface area contributed by atoms with E-state index in [9.17, 15) is 4.39 Å². The van der Waals surface area contributed by atoms with E-state index >= 15 is 0 Å². The van der Waals surface area contributed by atoms with Crippen LogP contribution in [0.3, 0.4) is 0 Å². The Morgan fingerprint density at radius 2 is 2.20 bits per heavy atom. The van der Waals surface area contributed by atoms with Crippen LogP contribution in [-0.2, 0) is 6.54 Å². The Bertz CT molecular complexity index is 451. The third kappa shape index (κ3) is 2.05. The molecule has 15 heavy (non-hydrogen) atoms. The van der Waals surface area contributed by atoms with Crippen molar-refractivity contribution in [2.75, 3.05) is 7.05 Å². The normalized spacial score (nSPS) is 10.5. The fraction of sp³-hybridized carbons (Fsp3) is 0.182. The second-order valence-corrected chi connectivity index (χ2v) is 3.27. The van der Waals surface area contributed by atoms with E-state index in [4.69, 9.17) is 0 Å². The third-order valence-corrected chi connectivity index (χ3v) is 2.12. The first kappa shape index (κ1) is 9.86. The molecule has 1 aromatic heterocycles. The minimum Gasteiger partial charge on any atom is -0.341 e. The Kier molecular flexibility index (Phi) is 2.78. The Balaban J connectivity index is 2.33. The van der Waals surface area contributed by atoms with Gasteiger partial charge in [-0.25, -0.2) is 9.37 Å². The van der Waals surface area contributed by atoms with E-state index in [-0.39, 0.29) is 5.82 Å². The van der Waals surface area contributed by atoms with E-state index in [1.807, 2.05) is 7.05 Å². The third-order valence-electron chi connectivity index (χ3n) is 2.12. The molecular formula is C11H12FN3. The van der Waals surface area contributed by atoms with Crippen LogP contribution in [-0.4, -0.2) is 17.0 Å². The summed E-state index contributed by atoms with van der Waals surface area (Å²) in [5.74, 6) is 0.307. The number of benzene rings is 1. The van der Waals surface area contributed by atoms with Crippen LogP contribution in [0.25, 0.3) is 11.4 Å². The maximum Gasteiger partial charge on any atom is 0.140 e. The number of hydrogen-bond donors (Lipinski definition) is 2. The van der Waals surface area contributed by atoms with E-state index < -0.39 is 0 Å². The average molecular weight is 205 g/mol. The first-order valence-corrected chi connectivity index (χ1v) is 4.74. The molecule has 78 valence electrons. The summed E-state index contributed by atoms with van der Waals surface area (Å²) < 4.78 is 13.4. The molecular weight excluding hydrogens is 193 g/mol. The van der Waals surface area contributed by atoms with Crippen LogP contribution < -0.4 is 5.32 Å². The second-order valence-electron chi connectivity index (χ2n) is 3.27. The van der Waals surface area contributed by atoms with Crippen LogP contribution in [0.2, 0.25) is 0 Å². The molecule has 0 aliphatic carbocycles. The highest BCUT2D eigenvalue weighted by molar-refractivity contribution is 5.55. The molecule has 0 radical (unpaired) electrons. The molecule has 4 heteroatoms. The zero-order valence-electron chi connectivity index (χ0n) is 8.42. The zero-order valence-corrected chi connectivity index (χ0v) is 8.42. The van der Waals surface area contributed by atoms with Crippen molar-refractivity contribution in [1.29, 1.82) is 0 Å². The summed E-state index contributed by atoms with van der Waals surface area (Å²) in [6.07, 6.45) is 1.71. The standard InChI is InChI=1S/C11H12FN3/c1-13-6-8-7-14-11(15-8)9-4-2-3-5-10(9)12/h2-5,7,13H,6H2,1H3,(H,14,15). The van der Waals surface area contributed by atoms with E-state index in [2.05, 4.69) is 15.3 Å². The van der Waals surface area contributed by atoms with E-state index in [0.29, 0.717) is 17.9 Å². The van der Waals surface area contributed by atoms with Crippen molar-refractivity contribution in [2.24, 2.45) is 0 Å². The molecule has 1 aromatic carbocycles. The van der Waals surface area contributed by atoms with Crippen LogP contribution in [0.1, 0.15) is 5.69 Å². The number of rotatable bonds is 3. The molecule has 2 rings (SSSR count). The summed E-state index contributed by atoms with van der Waals surface area (Å²) in [6, 6.07) is 6.59. The maximum atomic E-state index is 13.4. The lowest BCUT2D eigenvalue weighted by molar-refractivity contribution is 0.630. The number of aromatic amines is 1. The van der Waals surface area contributed by atoms with Crippen LogP contribution in [0, 0.1) is 5.82 Å². The Hall–Kier alpha value is -1.68. The number of nitrogens with zero attached hydrogens (tertiary/aromatic N) is 1. The SMILES string of the molecule is CNCc1cnc(-c2ccccc2F)[nH]1. The number of halogens is 1. The average Bonchev–Trinajstić information content (AvgIpc) is 2.68. The molecule has 2 N–H and O–H groups in total. The van der Waals surface area contributed by atoms with Gasteiger partial charge in [0.15, 0.2) is 0 Å². The first-order chi connectivity index (χ1) is 7.31. The fourth-order valence-corrected chi connectivity index (χ4v) is 1.43. The van der Waals surface area contributed by atoms with Crippen LogP contribution in [0.15, 0.2) is 30.5 Å². The molecule has 0 unspecified atom stereocenters. The van der Waals surface area contributed by atoms with Gasteiger partial charge in [-0.15, -0.1) is 0 Å². The van der Waals surface area contributed by atoms with Gasteiger partial charge in [-0.3, -0.25) is 0 Å². The van der Waals surface area contributed by atoms with Crippen molar-refractivity contribution in [1.82, 2.24) is 15.3 Å². The summed E-state index contributed by atoms with van der Waals surface area (Å²) in [6.45, 7) is 0.696. The number of imidazole rings is 1. The number of nitrogens with one attached hydrogen (secondary N) is 2. The molecule has 0 atom stereocenters. The van der Waals surface area contributed by atoms with Gasteiger partial charge in [0.05, 0.1) is 5.56 Å². The van der Waals surface area contributed by atoms with Gasteiger partial charge in [0.2, 0.25) is 0 Å². The number of H-pyrrole nitrogens is 1. The highest BCUT2D eigenvalue weighted by Crippen LogP contribution is 2.18. The van der Waals surface area contributed by atoms with Crippen LogP contribution in [0.4, 0.5) is 4.39 Å². The minimum absolute atomic E-state index is 0.261. The molecule has 0 spiro atoms. The van der Waals surface area contributed by atoms with Crippen molar-refractivity contribution in [3.05, 3.63) is 42.0 Å². The number of aromatic nitrogens is 2. The second kappa shape index (κ2) is 4.23. The van der Waals surface area contributed by atoms with Gasteiger partial charge in [-0.05, 0) is 19.2 Å². The number of hydrogen-bond acceptors (Lipinski definition) is 2. The quantitative estimate of drug-likeness (QED) is 0.803. The summed E-state index contributed by atoms with van der Waals surface area (Å²) >= 11 is 0. The van der Waals surface area contributed by atoms with Crippen molar-refractivity contribution in [3.63, 3.8) is 0 Å². The predicted octanol–water partition coefficient (Wildman–Crippen LogP) is 1.94. The van der Waals surface area contributed by atoms with Crippen molar-refractivity contribution in [2.45, 2.75) is 6.54 Å². The van der Waals surface area contributed by atoms with Crippen LogP contribution >= 0.6 is 0 Å². The highest BCUT2D eigenvalue weighted by Gasteiger charge is 2.07. The molecule has 0 aliphatic rings. The molecule has 0 saturated carbocycles. The molecule has 3 nitrogen and oxygen atoms in total. The highest BCUT2D eigenvalue weighted by atomic mass is 19.1. The molecule has 0 bridgehead atoms. The van der Waals surface area contributed by atoms with Crippen LogP contribution in [0.5, 0.6) is 0 Å². The fourth-order valence-electron chi connectivity index (χ4n) is 1.43. The van der Waals surface area contributed by atoms with Crippen molar-refractivity contribution >= 4 is 0 Å². The summed E-state index contributed by atoms with van der Waals surface area (Å²) in [5.41, 5.74) is 1.44. The summed E-state index contributed by atoms with van der Waals surface area (Å²) in [7, 11) is 1.85. The van der Waals surface area contributed by atoms with E-state index in [0.717, 1.165) is 5.69 Å². The van der Waals surface area contributed by atoms with E-state index in [1.54, 1.807) is 24.4 Å². The zero-order chi connectivity index (χ0) is 10.7.